The zero-order valence-corrected chi connectivity index (χ0v) is 8.14. The Bertz CT molecular complexity index is 431. The molecule has 1 aromatic carbocycles. The zero-order chi connectivity index (χ0) is 8.84. The Kier molecular flexibility index (Phi) is 1.41. The lowest BCUT2D eigenvalue weighted by Gasteiger charge is -1.97. The molecule has 1 aromatic rings. The summed E-state index contributed by atoms with van der Waals surface area (Å²) < 4.78 is 0. The van der Waals surface area contributed by atoms with Gasteiger partial charge < -0.3 is 0 Å². The van der Waals surface area contributed by atoms with E-state index in [4.69, 9.17) is 0 Å². The number of nitrogens with zero attached hydrogens (tertiary/aromatic N) is 1. The molecule has 3 rings (SSSR count). The Labute approximate surface area is 81.6 Å². The van der Waals surface area contributed by atoms with Gasteiger partial charge in [0.25, 0.3) is 0 Å². The van der Waals surface area contributed by atoms with Crippen LogP contribution in [0.3, 0.4) is 0 Å². The summed E-state index contributed by atoms with van der Waals surface area (Å²) in [7, 11) is 0. The molecule has 0 radical (unpaired) electrons. The fourth-order valence-corrected chi connectivity index (χ4v) is 2.79. The number of thioether (sulfide) groups is 1. The van der Waals surface area contributed by atoms with E-state index in [1.165, 1.54) is 21.7 Å². The molecule has 1 aliphatic carbocycles. The van der Waals surface area contributed by atoms with Gasteiger partial charge in [-0.05, 0) is 18.6 Å². The van der Waals surface area contributed by atoms with Gasteiger partial charge in [-0.2, -0.15) is 0 Å². The minimum absolute atomic E-state index is 0.398. The molecule has 1 atom stereocenters. The van der Waals surface area contributed by atoms with E-state index in [2.05, 4.69) is 42.3 Å². The van der Waals surface area contributed by atoms with E-state index in [0.29, 0.717) is 5.37 Å². The molecule has 0 saturated heterocycles. The molecule has 1 nitrogen and oxygen atoms in total. The van der Waals surface area contributed by atoms with Gasteiger partial charge in [0.2, 0.25) is 0 Å². The average molecular weight is 187 g/mol. The average Bonchev–Trinajstić information content (AvgIpc) is 2.60. The number of hydrogen-bond donors (Lipinski definition) is 0. The molecule has 0 spiro atoms. The Hall–Kier alpha value is -1.02. The van der Waals surface area contributed by atoms with E-state index >= 15 is 0 Å². The SMILES string of the molecule is CC1N=C2C(=Cc3ccccc32)S1. The summed E-state index contributed by atoms with van der Waals surface area (Å²) in [6.45, 7) is 2.14. The van der Waals surface area contributed by atoms with Crippen molar-refractivity contribution >= 4 is 23.5 Å². The summed E-state index contributed by atoms with van der Waals surface area (Å²) in [5.41, 5.74) is 3.82. The molecule has 0 fully saturated rings. The first kappa shape index (κ1) is 7.39. The zero-order valence-electron chi connectivity index (χ0n) is 7.32. The second-order valence-corrected chi connectivity index (χ2v) is 4.65. The number of benzene rings is 1. The van der Waals surface area contributed by atoms with Crippen LogP contribution in [-0.2, 0) is 0 Å². The summed E-state index contributed by atoms with van der Waals surface area (Å²) >= 11 is 1.85. The summed E-state index contributed by atoms with van der Waals surface area (Å²) in [4.78, 5) is 5.94. The van der Waals surface area contributed by atoms with Crippen molar-refractivity contribution < 1.29 is 0 Å². The summed E-state index contributed by atoms with van der Waals surface area (Å²) in [6, 6.07) is 8.45. The van der Waals surface area contributed by atoms with Crippen molar-refractivity contribution in [1.82, 2.24) is 0 Å². The Balaban J connectivity index is 2.22. The van der Waals surface area contributed by atoms with Crippen molar-refractivity contribution in [3.63, 3.8) is 0 Å². The highest BCUT2D eigenvalue weighted by Crippen LogP contribution is 2.40. The van der Waals surface area contributed by atoms with E-state index < -0.39 is 0 Å². The second kappa shape index (κ2) is 2.48. The molecule has 0 N–H and O–H groups in total. The quantitative estimate of drug-likeness (QED) is 0.608. The van der Waals surface area contributed by atoms with Crippen LogP contribution in [0, 0.1) is 0 Å². The van der Waals surface area contributed by atoms with Gasteiger partial charge in [-0.25, -0.2) is 0 Å². The largest absolute Gasteiger partial charge is 0.269 e. The van der Waals surface area contributed by atoms with Gasteiger partial charge in [-0.3, -0.25) is 4.99 Å². The number of fused-ring (bicyclic) bond motifs is 3. The smallest absolute Gasteiger partial charge is 0.0978 e. The lowest BCUT2D eigenvalue weighted by atomic mass is 10.1. The predicted molar refractivity (Wildman–Crippen MR) is 58.0 cm³/mol. The monoisotopic (exact) mass is 187 g/mol. The minimum atomic E-state index is 0.398. The molecule has 1 heterocycles. The van der Waals surface area contributed by atoms with Gasteiger partial charge in [-0.1, -0.05) is 36.0 Å². The fraction of sp³-hybridized carbons (Fsp3) is 0.182. The topological polar surface area (TPSA) is 12.4 Å². The van der Waals surface area contributed by atoms with Crippen molar-refractivity contribution in [2.75, 3.05) is 0 Å². The van der Waals surface area contributed by atoms with E-state index in [1.54, 1.807) is 0 Å². The molecule has 0 saturated carbocycles. The second-order valence-electron chi connectivity index (χ2n) is 3.29. The van der Waals surface area contributed by atoms with Crippen LogP contribution in [-0.4, -0.2) is 11.1 Å². The minimum Gasteiger partial charge on any atom is -0.269 e. The lowest BCUT2D eigenvalue weighted by Crippen LogP contribution is -1.94. The van der Waals surface area contributed by atoms with E-state index in [9.17, 15) is 0 Å². The third kappa shape index (κ3) is 0.985. The van der Waals surface area contributed by atoms with Crippen LogP contribution < -0.4 is 0 Å². The molecule has 0 bridgehead atoms. The van der Waals surface area contributed by atoms with Gasteiger partial charge in [0.05, 0.1) is 11.1 Å². The molecule has 64 valence electrons. The number of rotatable bonds is 0. The fourth-order valence-electron chi connectivity index (χ4n) is 1.80. The molecule has 1 unspecified atom stereocenters. The highest BCUT2D eigenvalue weighted by Gasteiger charge is 2.27. The van der Waals surface area contributed by atoms with Crippen LogP contribution in [0.4, 0.5) is 0 Å². The summed E-state index contributed by atoms with van der Waals surface area (Å²) in [5.74, 6) is 0. The standard InChI is InChI=1S/C11H9NS/c1-7-12-11-9-5-3-2-4-8(9)6-10(11)13-7/h2-7H,1H3. The van der Waals surface area contributed by atoms with Crippen LogP contribution >= 0.6 is 11.8 Å². The van der Waals surface area contributed by atoms with Crippen molar-refractivity contribution in [3.8, 4) is 0 Å². The molecule has 0 amide bonds. The maximum Gasteiger partial charge on any atom is 0.0978 e. The van der Waals surface area contributed by atoms with E-state index in [0.717, 1.165) is 0 Å². The van der Waals surface area contributed by atoms with E-state index in [-0.39, 0.29) is 0 Å². The molecule has 2 heteroatoms. The molecule has 1 aliphatic heterocycles. The predicted octanol–water partition coefficient (Wildman–Crippen LogP) is 2.92. The van der Waals surface area contributed by atoms with Crippen molar-refractivity contribution in [2.45, 2.75) is 12.3 Å². The molecular formula is C11H9NS. The van der Waals surface area contributed by atoms with Crippen molar-refractivity contribution in [1.29, 1.82) is 0 Å². The van der Waals surface area contributed by atoms with Crippen LogP contribution in [0.25, 0.3) is 6.08 Å². The Morgan fingerprint density at radius 3 is 3.08 bits per heavy atom. The molecule has 2 aliphatic rings. The van der Waals surface area contributed by atoms with Gasteiger partial charge in [0.1, 0.15) is 0 Å². The Morgan fingerprint density at radius 1 is 1.31 bits per heavy atom. The molecular weight excluding hydrogens is 178 g/mol. The number of allylic oxidation sites excluding steroid dienone is 1. The third-order valence-corrected chi connectivity index (χ3v) is 3.36. The lowest BCUT2D eigenvalue weighted by molar-refractivity contribution is 1.06. The maximum atomic E-state index is 4.60. The maximum absolute atomic E-state index is 4.60. The van der Waals surface area contributed by atoms with Gasteiger partial charge in [0.15, 0.2) is 0 Å². The normalized spacial score (nSPS) is 23.6. The highest BCUT2D eigenvalue weighted by atomic mass is 32.2. The van der Waals surface area contributed by atoms with Crippen LogP contribution in [0.15, 0.2) is 34.2 Å². The number of hydrogen-bond acceptors (Lipinski definition) is 2. The Morgan fingerprint density at radius 2 is 2.15 bits per heavy atom. The van der Waals surface area contributed by atoms with Crippen molar-refractivity contribution in [3.05, 3.63) is 40.3 Å². The summed E-state index contributed by atoms with van der Waals surface area (Å²) in [6.07, 6.45) is 2.24. The van der Waals surface area contributed by atoms with Crippen LogP contribution in [0.1, 0.15) is 18.1 Å². The molecule has 0 aromatic heterocycles. The van der Waals surface area contributed by atoms with Gasteiger partial charge in [-0.15, -0.1) is 0 Å². The van der Waals surface area contributed by atoms with Crippen molar-refractivity contribution in [2.24, 2.45) is 4.99 Å². The summed E-state index contributed by atoms with van der Waals surface area (Å²) in [5, 5.41) is 0.398. The number of aliphatic imine (C=N–C) groups is 1. The van der Waals surface area contributed by atoms with Gasteiger partial charge >= 0.3 is 0 Å². The third-order valence-electron chi connectivity index (χ3n) is 2.34. The first-order valence-electron chi connectivity index (χ1n) is 4.40. The first-order chi connectivity index (χ1) is 6.34. The first-order valence-corrected chi connectivity index (χ1v) is 5.28. The van der Waals surface area contributed by atoms with Crippen LogP contribution in [0.2, 0.25) is 0 Å². The van der Waals surface area contributed by atoms with Crippen LogP contribution in [0.5, 0.6) is 0 Å². The molecule has 13 heavy (non-hydrogen) atoms. The highest BCUT2D eigenvalue weighted by molar-refractivity contribution is 8.05. The van der Waals surface area contributed by atoms with Gasteiger partial charge in [0, 0.05) is 10.5 Å². The van der Waals surface area contributed by atoms with E-state index in [1.807, 2.05) is 11.8 Å².